The number of benzene rings is 2. The molecule has 2 aromatic carbocycles. The molecule has 27 heavy (non-hydrogen) atoms. The molecule has 0 saturated heterocycles. The SMILES string of the molecule is CC1=NC(C#Cc2ccc(F)c(C(=O)N3CCc4ccccc4C3)c2)CO1. The Hall–Kier alpha value is -3.13. The van der Waals surface area contributed by atoms with Crippen molar-refractivity contribution >= 4 is 11.8 Å². The normalized spacial score (nSPS) is 18.1. The molecule has 1 unspecified atom stereocenters. The number of halogens is 1. The molecule has 2 aromatic rings. The molecule has 0 fully saturated rings. The molecular weight excluding hydrogens is 343 g/mol. The van der Waals surface area contributed by atoms with Gasteiger partial charge in [-0.1, -0.05) is 36.1 Å². The lowest BCUT2D eigenvalue weighted by Crippen LogP contribution is -2.36. The van der Waals surface area contributed by atoms with Crippen LogP contribution >= 0.6 is 0 Å². The summed E-state index contributed by atoms with van der Waals surface area (Å²) in [7, 11) is 0. The summed E-state index contributed by atoms with van der Waals surface area (Å²) in [6, 6.07) is 12.2. The summed E-state index contributed by atoms with van der Waals surface area (Å²) in [4.78, 5) is 18.8. The standard InChI is InChI=1S/C22H19FN2O2/c1-15-24-19(14-27-15)8-6-16-7-9-21(23)20(12-16)22(26)25-11-10-17-4-2-3-5-18(17)13-25/h2-5,7,9,12,19H,10-11,13-14H2,1H3. The van der Waals surface area contributed by atoms with Crippen molar-refractivity contribution in [2.45, 2.75) is 25.9 Å². The number of carbonyl (C=O) groups is 1. The van der Waals surface area contributed by atoms with Crippen LogP contribution in [0.25, 0.3) is 0 Å². The lowest BCUT2D eigenvalue weighted by Gasteiger charge is -2.29. The van der Waals surface area contributed by atoms with E-state index >= 15 is 0 Å². The largest absolute Gasteiger partial charge is 0.478 e. The molecule has 0 aromatic heterocycles. The Bertz CT molecular complexity index is 987. The quantitative estimate of drug-likeness (QED) is 0.731. The van der Waals surface area contributed by atoms with E-state index in [0.717, 1.165) is 12.0 Å². The van der Waals surface area contributed by atoms with Crippen LogP contribution in [0.4, 0.5) is 4.39 Å². The maximum Gasteiger partial charge on any atom is 0.257 e. The van der Waals surface area contributed by atoms with Crippen molar-refractivity contribution in [2.75, 3.05) is 13.2 Å². The maximum atomic E-state index is 14.3. The summed E-state index contributed by atoms with van der Waals surface area (Å²) in [5.41, 5.74) is 3.01. The third kappa shape index (κ3) is 3.70. The van der Waals surface area contributed by atoms with Gasteiger partial charge in [-0.25, -0.2) is 9.38 Å². The molecule has 4 rings (SSSR count). The number of rotatable bonds is 1. The zero-order chi connectivity index (χ0) is 18.8. The fourth-order valence-electron chi connectivity index (χ4n) is 3.34. The lowest BCUT2D eigenvalue weighted by atomic mass is 9.99. The molecule has 2 heterocycles. The monoisotopic (exact) mass is 362 g/mol. The van der Waals surface area contributed by atoms with Crippen LogP contribution in [0.2, 0.25) is 0 Å². The minimum atomic E-state index is -0.525. The van der Waals surface area contributed by atoms with E-state index in [1.165, 1.54) is 17.7 Å². The first-order chi connectivity index (χ1) is 13.1. The molecule has 0 N–H and O–H groups in total. The van der Waals surface area contributed by atoms with Crippen molar-refractivity contribution in [3.05, 3.63) is 70.5 Å². The van der Waals surface area contributed by atoms with E-state index in [2.05, 4.69) is 22.9 Å². The topological polar surface area (TPSA) is 41.9 Å². The van der Waals surface area contributed by atoms with E-state index < -0.39 is 5.82 Å². The second-order valence-electron chi connectivity index (χ2n) is 6.68. The van der Waals surface area contributed by atoms with E-state index in [0.29, 0.717) is 31.2 Å². The summed E-state index contributed by atoms with van der Waals surface area (Å²) in [5.74, 6) is 5.76. The third-order valence-corrected chi connectivity index (χ3v) is 4.79. The average molecular weight is 362 g/mol. The molecule has 1 atom stereocenters. The number of nitrogens with zero attached hydrogens (tertiary/aromatic N) is 2. The molecule has 2 aliphatic heterocycles. The third-order valence-electron chi connectivity index (χ3n) is 4.79. The Morgan fingerprint density at radius 3 is 2.85 bits per heavy atom. The van der Waals surface area contributed by atoms with Gasteiger partial charge < -0.3 is 9.64 Å². The first-order valence-electron chi connectivity index (χ1n) is 8.94. The number of hydrogen-bond acceptors (Lipinski definition) is 3. The van der Waals surface area contributed by atoms with Crippen molar-refractivity contribution < 1.29 is 13.9 Å². The van der Waals surface area contributed by atoms with Crippen LogP contribution in [0.15, 0.2) is 47.5 Å². The van der Waals surface area contributed by atoms with Gasteiger partial charge in [0.05, 0.1) is 5.56 Å². The molecular formula is C22H19FN2O2. The van der Waals surface area contributed by atoms with Gasteiger partial charge in [-0.3, -0.25) is 4.79 Å². The van der Waals surface area contributed by atoms with Crippen LogP contribution in [0.5, 0.6) is 0 Å². The van der Waals surface area contributed by atoms with Crippen LogP contribution in [-0.2, 0) is 17.7 Å². The molecule has 1 amide bonds. The van der Waals surface area contributed by atoms with E-state index in [9.17, 15) is 9.18 Å². The number of aliphatic imine (C=N–C) groups is 1. The minimum absolute atomic E-state index is 0.0588. The van der Waals surface area contributed by atoms with E-state index in [1.54, 1.807) is 17.9 Å². The molecule has 136 valence electrons. The number of amides is 1. The van der Waals surface area contributed by atoms with Gasteiger partial charge in [-0.05, 0) is 35.7 Å². The second kappa shape index (κ2) is 7.24. The molecule has 0 radical (unpaired) electrons. The predicted molar refractivity (Wildman–Crippen MR) is 101 cm³/mol. The number of ether oxygens (including phenoxy) is 1. The predicted octanol–water partition coefficient (Wildman–Crippen LogP) is 3.19. The summed E-state index contributed by atoms with van der Waals surface area (Å²) in [6.45, 7) is 3.29. The summed E-state index contributed by atoms with van der Waals surface area (Å²) < 4.78 is 19.6. The Kier molecular flexibility index (Phi) is 4.64. The minimum Gasteiger partial charge on any atom is -0.478 e. The molecule has 0 saturated carbocycles. The van der Waals surface area contributed by atoms with Crippen molar-refractivity contribution in [1.82, 2.24) is 4.90 Å². The smallest absolute Gasteiger partial charge is 0.257 e. The van der Waals surface area contributed by atoms with Gasteiger partial charge in [0, 0.05) is 25.6 Å². The highest BCUT2D eigenvalue weighted by Gasteiger charge is 2.24. The van der Waals surface area contributed by atoms with Gasteiger partial charge in [0.25, 0.3) is 5.91 Å². The Balaban J connectivity index is 1.55. The van der Waals surface area contributed by atoms with Gasteiger partial charge >= 0.3 is 0 Å². The van der Waals surface area contributed by atoms with Crippen LogP contribution in [0.3, 0.4) is 0 Å². The van der Waals surface area contributed by atoms with Crippen molar-refractivity contribution in [1.29, 1.82) is 0 Å². The first-order valence-corrected chi connectivity index (χ1v) is 8.94. The number of hydrogen-bond donors (Lipinski definition) is 0. The highest BCUT2D eigenvalue weighted by atomic mass is 19.1. The highest BCUT2D eigenvalue weighted by Crippen LogP contribution is 2.21. The average Bonchev–Trinajstić information content (AvgIpc) is 3.11. The van der Waals surface area contributed by atoms with E-state index in [4.69, 9.17) is 4.74 Å². The fourth-order valence-corrected chi connectivity index (χ4v) is 3.34. The molecule has 2 aliphatic rings. The van der Waals surface area contributed by atoms with Crippen molar-refractivity contribution in [2.24, 2.45) is 4.99 Å². The van der Waals surface area contributed by atoms with Crippen LogP contribution < -0.4 is 0 Å². The van der Waals surface area contributed by atoms with Crippen molar-refractivity contribution in [3.8, 4) is 11.8 Å². The maximum absolute atomic E-state index is 14.3. The molecule has 0 bridgehead atoms. The van der Waals surface area contributed by atoms with E-state index in [-0.39, 0.29) is 17.5 Å². The second-order valence-corrected chi connectivity index (χ2v) is 6.68. The zero-order valence-corrected chi connectivity index (χ0v) is 15.0. The van der Waals surface area contributed by atoms with E-state index in [1.807, 2.05) is 18.2 Å². The first kappa shape index (κ1) is 17.3. The Morgan fingerprint density at radius 1 is 1.26 bits per heavy atom. The number of fused-ring (bicyclic) bond motifs is 1. The lowest BCUT2D eigenvalue weighted by molar-refractivity contribution is 0.0730. The van der Waals surface area contributed by atoms with Crippen LogP contribution in [0.1, 0.15) is 34.0 Å². The van der Waals surface area contributed by atoms with Gasteiger partial charge in [-0.15, -0.1) is 0 Å². The van der Waals surface area contributed by atoms with Crippen LogP contribution in [-0.4, -0.2) is 35.9 Å². The Morgan fingerprint density at radius 2 is 2.07 bits per heavy atom. The highest BCUT2D eigenvalue weighted by molar-refractivity contribution is 5.95. The molecule has 0 spiro atoms. The van der Waals surface area contributed by atoms with Gasteiger partial charge in [0.2, 0.25) is 0 Å². The zero-order valence-electron chi connectivity index (χ0n) is 15.0. The molecule has 4 nitrogen and oxygen atoms in total. The fraction of sp³-hybridized carbons (Fsp3) is 0.273. The molecule has 5 heteroatoms. The van der Waals surface area contributed by atoms with Gasteiger partial charge in [0.15, 0.2) is 5.90 Å². The summed E-state index contributed by atoms with van der Waals surface area (Å²) in [5, 5.41) is 0. The summed E-state index contributed by atoms with van der Waals surface area (Å²) in [6.07, 6.45) is 0.780. The van der Waals surface area contributed by atoms with Gasteiger partial charge in [-0.2, -0.15) is 0 Å². The number of carbonyl (C=O) groups excluding carboxylic acids is 1. The molecule has 0 aliphatic carbocycles. The van der Waals surface area contributed by atoms with Gasteiger partial charge in [0.1, 0.15) is 18.5 Å². The Labute approximate surface area is 157 Å². The van der Waals surface area contributed by atoms with Crippen LogP contribution in [0, 0.1) is 17.7 Å². The van der Waals surface area contributed by atoms with Crippen molar-refractivity contribution in [3.63, 3.8) is 0 Å². The summed E-state index contributed by atoms with van der Waals surface area (Å²) >= 11 is 0.